The van der Waals surface area contributed by atoms with Crippen LogP contribution in [0.15, 0.2) is 36.4 Å². The third-order valence-electron chi connectivity index (χ3n) is 6.46. The Hall–Kier alpha value is -3.16. The fraction of sp³-hybridized carbons (Fsp3) is 0.500. The number of hydrogen-bond donors (Lipinski definition) is 1. The van der Waals surface area contributed by atoms with Crippen molar-refractivity contribution in [3.8, 4) is 5.75 Å². The molecule has 4 rings (SSSR count). The quantitative estimate of drug-likeness (QED) is 0.378. The van der Waals surface area contributed by atoms with Gasteiger partial charge in [0.25, 0.3) is 5.91 Å². The Balaban J connectivity index is 1.41. The zero-order valence-electron chi connectivity index (χ0n) is 18.4. The number of anilines is 1. The number of esters is 1. The average Bonchev–Trinajstić information content (AvgIpc) is 3.44. The Morgan fingerprint density at radius 3 is 2.31 bits per heavy atom. The number of rotatable bonds is 8. The van der Waals surface area contributed by atoms with E-state index in [-0.39, 0.29) is 41.4 Å². The summed E-state index contributed by atoms with van der Waals surface area (Å²) in [7, 11) is 0. The summed E-state index contributed by atoms with van der Waals surface area (Å²) < 4.78 is 10.7. The predicted molar refractivity (Wildman–Crippen MR) is 115 cm³/mol. The highest BCUT2D eigenvalue weighted by molar-refractivity contribution is 6.09. The van der Waals surface area contributed by atoms with Crippen molar-refractivity contribution in [2.45, 2.75) is 33.2 Å². The minimum absolute atomic E-state index is 0.0615. The molecule has 1 aromatic rings. The molecule has 1 heterocycles. The van der Waals surface area contributed by atoms with Crippen LogP contribution in [0.5, 0.6) is 5.75 Å². The van der Waals surface area contributed by atoms with Crippen LogP contribution in [0, 0.1) is 29.6 Å². The fourth-order valence-electron chi connectivity index (χ4n) is 5.13. The number of nitrogens with one attached hydrogen (secondary N) is 1. The smallest absolute Gasteiger partial charge is 0.330 e. The lowest BCUT2D eigenvalue weighted by Gasteiger charge is -2.28. The van der Waals surface area contributed by atoms with Crippen molar-refractivity contribution in [3.63, 3.8) is 0 Å². The minimum atomic E-state index is -1.05. The van der Waals surface area contributed by atoms with Crippen LogP contribution in [0.25, 0.3) is 0 Å². The Kier molecular flexibility index (Phi) is 6.04. The number of carbonyl (C=O) groups is 4. The van der Waals surface area contributed by atoms with Gasteiger partial charge >= 0.3 is 5.97 Å². The first-order valence-corrected chi connectivity index (χ1v) is 11.1. The van der Waals surface area contributed by atoms with Crippen LogP contribution in [0.1, 0.15) is 27.2 Å². The molecule has 5 atom stereocenters. The van der Waals surface area contributed by atoms with Gasteiger partial charge in [0.1, 0.15) is 11.8 Å². The second-order valence-corrected chi connectivity index (χ2v) is 8.82. The number of allylic oxidation sites excluding steroid dienone is 2. The van der Waals surface area contributed by atoms with Crippen molar-refractivity contribution in [2.75, 3.05) is 18.5 Å². The van der Waals surface area contributed by atoms with Gasteiger partial charge in [0.15, 0.2) is 6.61 Å². The van der Waals surface area contributed by atoms with E-state index < -0.39 is 24.5 Å². The number of amides is 3. The predicted octanol–water partition coefficient (Wildman–Crippen LogP) is 2.40. The lowest BCUT2D eigenvalue weighted by molar-refractivity contribution is -0.162. The number of imide groups is 1. The lowest BCUT2D eigenvalue weighted by atomic mass is 9.85. The molecule has 1 saturated carbocycles. The van der Waals surface area contributed by atoms with Gasteiger partial charge in [-0.05, 0) is 43.2 Å². The van der Waals surface area contributed by atoms with Crippen LogP contribution in [0.2, 0.25) is 0 Å². The standard InChI is InChI=1S/C24H28N2O6/c1-4-31-17-8-6-5-7-16(17)25-18(27)12-32-24(30)21(13(2)3)26-22(28)19-14-9-10-15(11-14)20(19)23(26)29/h5-10,13-15,19-21H,4,11-12H2,1-3H3,(H,25,27)/t14-,15-,19+,20+,21-/m0/s1. The summed E-state index contributed by atoms with van der Waals surface area (Å²) >= 11 is 0. The molecule has 1 aromatic carbocycles. The van der Waals surface area contributed by atoms with Crippen molar-refractivity contribution < 1.29 is 28.7 Å². The van der Waals surface area contributed by atoms with Crippen LogP contribution < -0.4 is 10.1 Å². The molecule has 2 bridgehead atoms. The van der Waals surface area contributed by atoms with Crippen LogP contribution in [-0.2, 0) is 23.9 Å². The third-order valence-corrected chi connectivity index (χ3v) is 6.46. The Morgan fingerprint density at radius 1 is 1.09 bits per heavy atom. The maximum Gasteiger partial charge on any atom is 0.330 e. The van der Waals surface area contributed by atoms with E-state index in [1.54, 1.807) is 38.1 Å². The first kappa shape index (κ1) is 22.0. The highest BCUT2D eigenvalue weighted by Gasteiger charge is 2.61. The summed E-state index contributed by atoms with van der Waals surface area (Å²) in [6, 6.07) is 5.90. The lowest BCUT2D eigenvalue weighted by Crippen LogP contribution is -2.50. The van der Waals surface area contributed by atoms with Gasteiger partial charge in [-0.1, -0.05) is 38.1 Å². The molecule has 1 saturated heterocycles. The summed E-state index contributed by atoms with van der Waals surface area (Å²) in [5.74, 6) is -2.38. The molecule has 170 valence electrons. The average molecular weight is 440 g/mol. The molecule has 0 radical (unpaired) electrons. The summed E-state index contributed by atoms with van der Waals surface area (Å²) in [5, 5.41) is 2.66. The van der Waals surface area contributed by atoms with Crippen LogP contribution in [0.3, 0.4) is 0 Å². The number of benzene rings is 1. The minimum Gasteiger partial charge on any atom is -0.492 e. The summed E-state index contributed by atoms with van der Waals surface area (Å²) in [5.41, 5.74) is 0.469. The van der Waals surface area contributed by atoms with Gasteiger partial charge in [-0.3, -0.25) is 19.3 Å². The van der Waals surface area contributed by atoms with E-state index in [1.165, 1.54) is 0 Å². The van der Waals surface area contributed by atoms with Gasteiger partial charge in [-0.15, -0.1) is 0 Å². The molecule has 32 heavy (non-hydrogen) atoms. The number of hydrogen-bond acceptors (Lipinski definition) is 6. The summed E-state index contributed by atoms with van der Waals surface area (Å²) in [4.78, 5) is 52.5. The number of carbonyl (C=O) groups excluding carboxylic acids is 4. The van der Waals surface area contributed by atoms with Crippen LogP contribution >= 0.6 is 0 Å². The molecule has 8 nitrogen and oxygen atoms in total. The molecule has 3 aliphatic rings. The molecule has 2 fully saturated rings. The molecule has 0 unspecified atom stereocenters. The highest BCUT2D eigenvalue weighted by Crippen LogP contribution is 2.53. The number of likely N-dealkylation sites (tertiary alicyclic amines) is 1. The highest BCUT2D eigenvalue weighted by atomic mass is 16.5. The Bertz CT molecular complexity index is 941. The zero-order chi connectivity index (χ0) is 23.0. The van der Waals surface area contributed by atoms with Gasteiger partial charge in [0.2, 0.25) is 11.8 Å². The molecular formula is C24H28N2O6. The van der Waals surface area contributed by atoms with Crippen LogP contribution in [0.4, 0.5) is 5.69 Å². The second kappa shape index (κ2) is 8.76. The van der Waals surface area contributed by atoms with Gasteiger partial charge < -0.3 is 14.8 Å². The number of fused-ring (bicyclic) bond motifs is 5. The molecule has 8 heteroatoms. The van der Waals surface area contributed by atoms with E-state index in [4.69, 9.17) is 9.47 Å². The van der Waals surface area contributed by atoms with E-state index >= 15 is 0 Å². The molecule has 1 aliphatic heterocycles. The van der Waals surface area contributed by atoms with Crippen molar-refractivity contribution in [3.05, 3.63) is 36.4 Å². The fourth-order valence-corrected chi connectivity index (χ4v) is 5.13. The van der Waals surface area contributed by atoms with Crippen molar-refractivity contribution in [1.29, 1.82) is 0 Å². The molecule has 3 amide bonds. The van der Waals surface area contributed by atoms with E-state index in [9.17, 15) is 19.2 Å². The Labute approximate surface area is 186 Å². The van der Waals surface area contributed by atoms with E-state index in [0.29, 0.717) is 18.0 Å². The van der Waals surface area contributed by atoms with Gasteiger partial charge in [-0.2, -0.15) is 0 Å². The van der Waals surface area contributed by atoms with Crippen molar-refractivity contribution >= 4 is 29.4 Å². The number of para-hydroxylation sites is 2. The van der Waals surface area contributed by atoms with Gasteiger partial charge in [-0.25, -0.2) is 4.79 Å². The number of ether oxygens (including phenoxy) is 2. The molecular weight excluding hydrogens is 412 g/mol. The zero-order valence-corrected chi connectivity index (χ0v) is 18.4. The van der Waals surface area contributed by atoms with E-state index in [2.05, 4.69) is 5.32 Å². The first-order valence-electron chi connectivity index (χ1n) is 11.1. The van der Waals surface area contributed by atoms with Gasteiger partial charge in [0, 0.05) is 0 Å². The second-order valence-electron chi connectivity index (χ2n) is 8.82. The first-order chi connectivity index (χ1) is 15.3. The number of nitrogens with zero attached hydrogens (tertiary/aromatic N) is 1. The van der Waals surface area contributed by atoms with Crippen molar-refractivity contribution in [2.24, 2.45) is 29.6 Å². The molecule has 2 aliphatic carbocycles. The maximum atomic E-state index is 13.1. The monoisotopic (exact) mass is 440 g/mol. The Morgan fingerprint density at radius 2 is 1.72 bits per heavy atom. The molecule has 0 aromatic heterocycles. The summed E-state index contributed by atoms with van der Waals surface area (Å²) in [6.45, 7) is 5.26. The molecule has 1 N–H and O–H groups in total. The maximum absolute atomic E-state index is 13.1. The molecule has 0 spiro atoms. The normalized spacial score (nSPS) is 26.4. The van der Waals surface area contributed by atoms with E-state index in [0.717, 1.165) is 11.3 Å². The van der Waals surface area contributed by atoms with E-state index in [1.807, 2.05) is 19.1 Å². The van der Waals surface area contributed by atoms with Gasteiger partial charge in [0.05, 0.1) is 24.1 Å². The van der Waals surface area contributed by atoms with Crippen LogP contribution in [-0.4, -0.2) is 47.8 Å². The van der Waals surface area contributed by atoms with Crippen molar-refractivity contribution in [1.82, 2.24) is 4.90 Å². The third kappa shape index (κ3) is 3.78. The SMILES string of the molecule is CCOc1ccccc1NC(=O)COC(=O)[C@H](C(C)C)N1C(=O)[C@H]2[C@H](C1=O)[C@H]1C=C[C@H]2C1. The largest absolute Gasteiger partial charge is 0.492 e. The summed E-state index contributed by atoms with van der Waals surface area (Å²) in [6.07, 6.45) is 4.84. The topological polar surface area (TPSA) is 102 Å².